The Kier molecular flexibility index (Phi) is 3.70. The molecule has 104 valence electrons. The number of nitrogens with one attached hydrogen (secondary N) is 1. The number of rotatable bonds is 3. The fourth-order valence-electron chi connectivity index (χ4n) is 1.70. The van der Waals surface area contributed by atoms with E-state index in [9.17, 15) is 8.42 Å². The van der Waals surface area contributed by atoms with Crippen molar-refractivity contribution in [3.05, 3.63) is 40.3 Å². The van der Waals surface area contributed by atoms with Gasteiger partial charge in [0.1, 0.15) is 16.0 Å². The second kappa shape index (κ2) is 5.15. The zero-order valence-corrected chi connectivity index (χ0v) is 12.6. The summed E-state index contributed by atoms with van der Waals surface area (Å²) in [7, 11) is -3.80. The molecule has 0 amide bonds. The number of hydrogen-bond acceptors (Lipinski definition) is 5. The van der Waals surface area contributed by atoms with Crippen LogP contribution in [0, 0.1) is 25.2 Å². The van der Waals surface area contributed by atoms with Gasteiger partial charge < -0.3 is 5.73 Å². The molecule has 0 fully saturated rings. The first-order valence-corrected chi connectivity index (χ1v) is 8.08. The van der Waals surface area contributed by atoms with Gasteiger partial charge in [-0.2, -0.15) is 5.26 Å². The third-order valence-electron chi connectivity index (χ3n) is 2.93. The topological polar surface area (TPSA) is 96.0 Å². The zero-order chi connectivity index (χ0) is 14.9. The first-order chi connectivity index (χ1) is 9.35. The first kappa shape index (κ1) is 14.4. The van der Waals surface area contributed by atoms with Crippen molar-refractivity contribution >= 4 is 32.0 Å². The third kappa shape index (κ3) is 2.61. The number of nitrogens with zero attached hydrogens (tertiary/aromatic N) is 1. The monoisotopic (exact) mass is 307 g/mol. The number of aryl methyl sites for hydroxylation is 2. The lowest BCUT2D eigenvalue weighted by Gasteiger charge is -2.11. The molecule has 2 rings (SSSR count). The van der Waals surface area contributed by atoms with E-state index in [-0.39, 0.29) is 10.6 Å². The molecule has 2 aromatic rings. The van der Waals surface area contributed by atoms with Gasteiger partial charge in [-0.05, 0) is 48.6 Å². The molecule has 7 heteroatoms. The van der Waals surface area contributed by atoms with Gasteiger partial charge in [0.15, 0.2) is 0 Å². The highest BCUT2D eigenvalue weighted by Crippen LogP contribution is 2.28. The molecule has 0 atom stereocenters. The Bertz CT molecular complexity index is 802. The molecule has 1 heterocycles. The van der Waals surface area contributed by atoms with Gasteiger partial charge in [0, 0.05) is 0 Å². The molecule has 20 heavy (non-hydrogen) atoms. The van der Waals surface area contributed by atoms with E-state index in [0.717, 1.165) is 22.5 Å². The smallest absolute Gasteiger partial charge is 0.264 e. The molecule has 1 aromatic carbocycles. The van der Waals surface area contributed by atoms with Gasteiger partial charge in [0.05, 0.1) is 11.3 Å². The first-order valence-electron chi connectivity index (χ1n) is 5.72. The van der Waals surface area contributed by atoms with E-state index in [1.54, 1.807) is 17.5 Å². The van der Waals surface area contributed by atoms with Gasteiger partial charge in [0.25, 0.3) is 10.0 Å². The molecule has 0 aliphatic carbocycles. The zero-order valence-electron chi connectivity index (χ0n) is 11.0. The van der Waals surface area contributed by atoms with Gasteiger partial charge in [-0.25, -0.2) is 8.42 Å². The lowest BCUT2D eigenvalue weighted by Crippen LogP contribution is -2.15. The van der Waals surface area contributed by atoms with Crippen LogP contribution in [0.25, 0.3) is 0 Å². The molecule has 0 bridgehead atoms. The predicted molar refractivity (Wildman–Crippen MR) is 80.2 cm³/mol. The van der Waals surface area contributed by atoms with Crippen LogP contribution in [0.2, 0.25) is 0 Å². The number of nitrogen functional groups attached to an aromatic ring is 1. The minimum atomic E-state index is -3.80. The van der Waals surface area contributed by atoms with Crippen molar-refractivity contribution in [1.29, 1.82) is 5.26 Å². The Labute approximate surface area is 121 Å². The van der Waals surface area contributed by atoms with Crippen molar-refractivity contribution < 1.29 is 8.42 Å². The van der Waals surface area contributed by atoms with Crippen molar-refractivity contribution in [2.75, 3.05) is 10.5 Å². The van der Waals surface area contributed by atoms with Gasteiger partial charge in [-0.1, -0.05) is 0 Å². The number of nitrogens with two attached hydrogens (primary N) is 1. The molecule has 0 aliphatic heterocycles. The van der Waals surface area contributed by atoms with Crippen LogP contribution >= 0.6 is 11.3 Å². The minimum absolute atomic E-state index is 0.0258. The molecule has 0 saturated heterocycles. The molecule has 1 aromatic heterocycles. The van der Waals surface area contributed by atoms with E-state index in [4.69, 9.17) is 11.0 Å². The molecule has 0 unspecified atom stereocenters. The van der Waals surface area contributed by atoms with Crippen LogP contribution < -0.4 is 10.5 Å². The van der Waals surface area contributed by atoms with E-state index in [1.165, 1.54) is 6.07 Å². The highest BCUT2D eigenvalue weighted by molar-refractivity contribution is 7.93. The standard InChI is InChI=1S/C13H13N3O2S2/c1-8-5-11(15)12(6-9(8)2)20(17,18)16-13-10(7-14)3-4-19-13/h3-6,16H,15H2,1-2H3. The number of anilines is 2. The summed E-state index contributed by atoms with van der Waals surface area (Å²) in [6, 6.07) is 6.66. The predicted octanol–water partition coefficient (Wildman–Crippen LogP) is 2.62. The van der Waals surface area contributed by atoms with Crippen LogP contribution in [-0.4, -0.2) is 8.42 Å². The SMILES string of the molecule is Cc1cc(N)c(S(=O)(=O)Nc2sccc2C#N)cc1C. The number of hydrogen-bond donors (Lipinski definition) is 2. The van der Waals surface area contributed by atoms with Gasteiger partial charge in [-0.3, -0.25) is 4.72 Å². The van der Waals surface area contributed by atoms with Crippen molar-refractivity contribution in [2.45, 2.75) is 18.7 Å². The second-order valence-electron chi connectivity index (χ2n) is 4.35. The molecule has 0 radical (unpaired) electrons. The Balaban J connectivity index is 2.47. The maximum Gasteiger partial charge on any atom is 0.264 e. The number of nitriles is 1. The highest BCUT2D eigenvalue weighted by Gasteiger charge is 2.20. The number of thiophene rings is 1. The van der Waals surface area contributed by atoms with Crippen LogP contribution in [0.5, 0.6) is 0 Å². The second-order valence-corrected chi connectivity index (χ2v) is 6.92. The van der Waals surface area contributed by atoms with Crippen LogP contribution in [0.3, 0.4) is 0 Å². The van der Waals surface area contributed by atoms with Crippen molar-refractivity contribution in [1.82, 2.24) is 0 Å². The maximum atomic E-state index is 12.4. The van der Waals surface area contributed by atoms with Crippen molar-refractivity contribution in [2.24, 2.45) is 0 Å². The van der Waals surface area contributed by atoms with Gasteiger partial charge >= 0.3 is 0 Å². The molecule has 0 saturated carbocycles. The quantitative estimate of drug-likeness (QED) is 0.852. The summed E-state index contributed by atoms with van der Waals surface area (Å²) >= 11 is 1.16. The lowest BCUT2D eigenvalue weighted by molar-refractivity contribution is 0.601. The molecule has 5 nitrogen and oxygen atoms in total. The largest absolute Gasteiger partial charge is 0.398 e. The summed E-state index contributed by atoms with van der Waals surface area (Å²) in [6.07, 6.45) is 0. The van der Waals surface area contributed by atoms with Crippen LogP contribution in [-0.2, 0) is 10.0 Å². The number of benzene rings is 1. The fourth-order valence-corrected chi connectivity index (χ4v) is 3.97. The number of sulfonamides is 1. The Morgan fingerprint density at radius 2 is 1.95 bits per heavy atom. The van der Waals surface area contributed by atoms with Crippen LogP contribution in [0.4, 0.5) is 10.7 Å². The summed E-state index contributed by atoms with van der Waals surface area (Å²) < 4.78 is 27.1. The molecular formula is C13H13N3O2S2. The minimum Gasteiger partial charge on any atom is -0.398 e. The van der Waals surface area contributed by atoms with Crippen molar-refractivity contribution in [3.8, 4) is 6.07 Å². The molecule has 0 aliphatic rings. The highest BCUT2D eigenvalue weighted by atomic mass is 32.2. The Morgan fingerprint density at radius 3 is 2.60 bits per heavy atom. The van der Waals surface area contributed by atoms with Gasteiger partial charge in [0.2, 0.25) is 0 Å². The van der Waals surface area contributed by atoms with Crippen LogP contribution in [0.15, 0.2) is 28.5 Å². The summed E-state index contributed by atoms with van der Waals surface area (Å²) in [5.74, 6) is 0. The van der Waals surface area contributed by atoms with Crippen molar-refractivity contribution in [3.63, 3.8) is 0 Å². The lowest BCUT2D eigenvalue weighted by atomic mass is 10.1. The van der Waals surface area contributed by atoms with E-state index in [2.05, 4.69) is 4.72 Å². The normalized spacial score (nSPS) is 11.1. The molecule has 0 spiro atoms. The van der Waals surface area contributed by atoms with E-state index < -0.39 is 10.0 Å². The van der Waals surface area contributed by atoms with E-state index in [1.807, 2.05) is 19.9 Å². The Hall–Kier alpha value is -2.04. The van der Waals surface area contributed by atoms with Crippen LogP contribution in [0.1, 0.15) is 16.7 Å². The summed E-state index contributed by atoms with van der Waals surface area (Å²) in [5, 5.41) is 10.9. The average molecular weight is 307 g/mol. The fraction of sp³-hybridized carbons (Fsp3) is 0.154. The third-order valence-corrected chi connectivity index (χ3v) is 5.29. The maximum absolute atomic E-state index is 12.4. The Morgan fingerprint density at radius 1 is 1.30 bits per heavy atom. The molecular weight excluding hydrogens is 294 g/mol. The van der Waals surface area contributed by atoms with E-state index >= 15 is 0 Å². The summed E-state index contributed by atoms with van der Waals surface area (Å²) in [5.41, 5.74) is 8.04. The summed E-state index contributed by atoms with van der Waals surface area (Å²) in [4.78, 5) is 0.0258. The van der Waals surface area contributed by atoms with E-state index in [0.29, 0.717) is 10.6 Å². The molecule has 3 N–H and O–H groups in total. The average Bonchev–Trinajstić information content (AvgIpc) is 2.80. The summed E-state index contributed by atoms with van der Waals surface area (Å²) in [6.45, 7) is 3.68. The van der Waals surface area contributed by atoms with Gasteiger partial charge in [-0.15, -0.1) is 11.3 Å².